The van der Waals surface area contributed by atoms with Crippen molar-refractivity contribution < 1.29 is 9.92 Å². The molecule has 18 heavy (non-hydrogen) atoms. The number of imidazole rings is 1. The minimum atomic E-state index is -0.824. The molecule has 0 aliphatic carbocycles. The van der Waals surface area contributed by atoms with E-state index in [4.69, 9.17) is 0 Å². The van der Waals surface area contributed by atoms with Crippen molar-refractivity contribution in [3.8, 4) is 6.01 Å². The molecule has 2 atom stereocenters. The predicted octanol–water partition coefficient (Wildman–Crippen LogP) is 2.43. The van der Waals surface area contributed by atoms with Gasteiger partial charge in [0.25, 0.3) is 6.01 Å². The second-order valence-electron chi connectivity index (χ2n) is 4.16. The van der Waals surface area contributed by atoms with E-state index in [0.717, 1.165) is 12.2 Å². The summed E-state index contributed by atoms with van der Waals surface area (Å²) < 4.78 is 1.78. The largest absolute Gasteiger partial charge is 0.310 e. The molecule has 1 saturated heterocycles. The summed E-state index contributed by atoms with van der Waals surface area (Å²) in [5.74, 6) is 1.11. The van der Waals surface area contributed by atoms with E-state index in [-0.39, 0.29) is 10.1 Å². The third kappa shape index (κ3) is 2.92. The average molecular weight is 289 g/mol. The van der Waals surface area contributed by atoms with Crippen molar-refractivity contribution in [2.75, 3.05) is 5.75 Å². The fourth-order valence-electron chi connectivity index (χ4n) is 1.92. The Kier molecular flexibility index (Phi) is 4.06. The molecule has 0 amide bonds. The highest BCUT2D eigenvalue weighted by atomic mass is 32.2. The lowest BCUT2D eigenvalue weighted by molar-refractivity contribution is -0.713. The van der Waals surface area contributed by atoms with E-state index in [1.165, 1.54) is 6.20 Å². The van der Waals surface area contributed by atoms with Crippen LogP contribution in [0.25, 0.3) is 0 Å². The van der Waals surface area contributed by atoms with Crippen LogP contribution in [0.15, 0.2) is 12.4 Å². The molecule has 0 saturated carbocycles. The van der Waals surface area contributed by atoms with E-state index in [9.17, 15) is 10.1 Å². The Labute approximate surface area is 114 Å². The predicted molar refractivity (Wildman–Crippen MR) is 72.4 cm³/mol. The van der Waals surface area contributed by atoms with Crippen LogP contribution < -0.4 is 4.84 Å². The van der Waals surface area contributed by atoms with Crippen LogP contribution in [0.4, 0.5) is 0 Å². The Morgan fingerprint density at radius 1 is 1.78 bits per heavy atom. The molecule has 1 aliphatic heterocycles. The summed E-state index contributed by atoms with van der Waals surface area (Å²) >= 11 is 3.84. The number of nitrogens with zero attached hydrogens (tertiary/aromatic N) is 3. The van der Waals surface area contributed by atoms with Crippen molar-refractivity contribution in [2.45, 2.75) is 36.1 Å². The van der Waals surface area contributed by atoms with Gasteiger partial charge >= 0.3 is 5.09 Å². The minimum Gasteiger partial charge on any atom is -0.310 e. The van der Waals surface area contributed by atoms with E-state index in [0.29, 0.717) is 11.8 Å². The first-order valence-corrected chi connectivity index (χ1v) is 7.56. The van der Waals surface area contributed by atoms with Gasteiger partial charge in [0.2, 0.25) is 0 Å². The van der Waals surface area contributed by atoms with Gasteiger partial charge in [0.05, 0.1) is 4.08 Å². The molecule has 2 heterocycles. The van der Waals surface area contributed by atoms with Gasteiger partial charge in [-0.1, -0.05) is 13.8 Å². The number of aromatic nitrogens is 2. The second-order valence-corrected chi connectivity index (χ2v) is 7.64. The molecule has 2 unspecified atom stereocenters. The first-order chi connectivity index (χ1) is 8.54. The molecule has 1 aliphatic rings. The van der Waals surface area contributed by atoms with Crippen LogP contribution in [0.3, 0.4) is 0 Å². The number of hydrogen-bond acceptors (Lipinski definition) is 6. The molecule has 1 fully saturated rings. The fourth-order valence-corrected chi connectivity index (χ4v) is 5.45. The monoisotopic (exact) mass is 289 g/mol. The Morgan fingerprint density at radius 3 is 3.11 bits per heavy atom. The first kappa shape index (κ1) is 13.5. The maximum Gasteiger partial charge on any atom is 0.302 e. The van der Waals surface area contributed by atoms with Crippen LogP contribution in [0.1, 0.15) is 20.3 Å². The summed E-state index contributed by atoms with van der Waals surface area (Å²) in [4.78, 5) is 18.7. The number of hydrogen-bond donors (Lipinski definition) is 0. The van der Waals surface area contributed by atoms with Gasteiger partial charge in [-0.2, -0.15) is 0 Å². The topological polar surface area (TPSA) is 70.2 Å². The molecule has 0 radical (unpaired) electrons. The zero-order valence-electron chi connectivity index (χ0n) is 10.2. The normalized spacial score (nSPS) is 27.3. The highest BCUT2D eigenvalue weighted by molar-refractivity contribution is 8.21. The number of thioether (sulfide) groups is 2. The van der Waals surface area contributed by atoms with Crippen molar-refractivity contribution in [1.29, 1.82) is 0 Å². The number of rotatable bonds is 5. The molecule has 2 rings (SSSR count). The van der Waals surface area contributed by atoms with Crippen LogP contribution in [0.2, 0.25) is 0 Å². The molecule has 1 aromatic heterocycles. The van der Waals surface area contributed by atoms with E-state index in [2.05, 4.69) is 23.7 Å². The fraction of sp³-hybridized carbons (Fsp3) is 0.700. The molecule has 1 aromatic rings. The van der Waals surface area contributed by atoms with Crippen LogP contribution in [0, 0.1) is 10.1 Å². The van der Waals surface area contributed by atoms with Crippen molar-refractivity contribution in [3.05, 3.63) is 22.5 Å². The summed E-state index contributed by atoms with van der Waals surface area (Å²) in [5, 5.41) is 10.2. The quantitative estimate of drug-likeness (QED) is 0.612. The van der Waals surface area contributed by atoms with E-state index >= 15 is 0 Å². The Morgan fingerprint density at radius 2 is 2.56 bits per heavy atom. The zero-order chi connectivity index (χ0) is 13.2. The van der Waals surface area contributed by atoms with Gasteiger partial charge in [0.1, 0.15) is 0 Å². The van der Waals surface area contributed by atoms with Crippen molar-refractivity contribution in [3.63, 3.8) is 0 Å². The molecule has 0 bridgehead atoms. The molecular formula is C10H15N3O3S2. The highest BCUT2D eigenvalue weighted by Crippen LogP contribution is 2.51. The Hall–Kier alpha value is -0.890. The summed E-state index contributed by atoms with van der Waals surface area (Å²) in [6, 6.07) is 0.0496. The third-order valence-corrected chi connectivity index (χ3v) is 6.66. The van der Waals surface area contributed by atoms with Gasteiger partial charge in [0, 0.05) is 29.9 Å². The lowest BCUT2D eigenvalue weighted by atomic mass is 10.3. The molecule has 6 nitrogen and oxygen atoms in total. The molecule has 0 N–H and O–H groups in total. The molecule has 100 valence electrons. The van der Waals surface area contributed by atoms with Crippen molar-refractivity contribution >= 4 is 23.5 Å². The van der Waals surface area contributed by atoms with Gasteiger partial charge in [-0.25, -0.2) is 9.82 Å². The summed E-state index contributed by atoms with van der Waals surface area (Å²) in [6.07, 6.45) is 4.25. The van der Waals surface area contributed by atoms with Gasteiger partial charge in [-0.05, 0) is 6.42 Å². The van der Waals surface area contributed by atoms with E-state index in [1.54, 1.807) is 10.8 Å². The lowest BCUT2D eigenvalue weighted by Crippen LogP contribution is -2.24. The SMILES string of the molecule is CCC1(Cn2ccnc2O[N+](=O)[O-])SCC(C)S1. The second kappa shape index (κ2) is 5.40. The maximum atomic E-state index is 10.4. The van der Waals surface area contributed by atoms with Crippen molar-refractivity contribution in [2.24, 2.45) is 0 Å². The third-order valence-electron chi connectivity index (χ3n) is 2.78. The van der Waals surface area contributed by atoms with E-state index in [1.807, 2.05) is 23.5 Å². The smallest absolute Gasteiger partial charge is 0.302 e. The van der Waals surface area contributed by atoms with Crippen LogP contribution in [-0.4, -0.2) is 29.7 Å². The van der Waals surface area contributed by atoms with Crippen LogP contribution in [-0.2, 0) is 6.54 Å². The Bertz CT molecular complexity index is 440. The zero-order valence-corrected chi connectivity index (χ0v) is 11.9. The van der Waals surface area contributed by atoms with Crippen molar-refractivity contribution in [1.82, 2.24) is 9.55 Å². The van der Waals surface area contributed by atoms with Gasteiger partial charge in [-0.15, -0.1) is 33.6 Å². The molecular weight excluding hydrogens is 274 g/mol. The lowest BCUT2D eigenvalue weighted by Gasteiger charge is -2.26. The van der Waals surface area contributed by atoms with Gasteiger partial charge < -0.3 is 4.57 Å². The molecule has 0 spiro atoms. The van der Waals surface area contributed by atoms with Gasteiger partial charge in [-0.3, -0.25) is 0 Å². The van der Waals surface area contributed by atoms with Gasteiger partial charge in [0.15, 0.2) is 0 Å². The standard InChI is InChI=1S/C10H15N3O3S2/c1-3-10(17-6-8(2)18-10)7-12-5-4-11-9(12)16-13(14)15/h4-5,8H,3,6-7H2,1-2H3. The molecule has 8 heteroatoms. The summed E-state index contributed by atoms with van der Waals surface area (Å²) in [5.41, 5.74) is 0. The summed E-state index contributed by atoms with van der Waals surface area (Å²) in [7, 11) is 0. The minimum absolute atomic E-state index is 0.0496. The molecule has 0 aromatic carbocycles. The average Bonchev–Trinajstić information content (AvgIpc) is 2.87. The highest BCUT2D eigenvalue weighted by Gasteiger charge is 2.38. The Balaban J connectivity index is 2.13. The first-order valence-electron chi connectivity index (χ1n) is 5.70. The van der Waals surface area contributed by atoms with Crippen LogP contribution in [0.5, 0.6) is 6.01 Å². The maximum absolute atomic E-state index is 10.4. The van der Waals surface area contributed by atoms with Crippen LogP contribution >= 0.6 is 23.5 Å². The van der Waals surface area contributed by atoms with E-state index < -0.39 is 5.09 Å². The summed E-state index contributed by atoms with van der Waals surface area (Å²) in [6.45, 7) is 5.02.